The van der Waals surface area contributed by atoms with E-state index in [2.05, 4.69) is 9.97 Å². The summed E-state index contributed by atoms with van der Waals surface area (Å²) in [6, 6.07) is 8.91. The highest BCUT2D eigenvalue weighted by molar-refractivity contribution is 6.02. The normalized spacial score (nSPS) is 11.0. The first-order valence-corrected chi connectivity index (χ1v) is 4.89. The molecule has 2 N–H and O–H groups in total. The predicted molar refractivity (Wildman–Crippen MR) is 62.7 cm³/mol. The Hall–Kier alpha value is -2.36. The summed E-state index contributed by atoms with van der Waals surface area (Å²) in [5.74, 6) is 0. The molecule has 4 nitrogen and oxygen atoms in total. The zero-order valence-corrected chi connectivity index (χ0v) is 8.28. The third-order valence-corrected chi connectivity index (χ3v) is 2.62. The molecule has 0 aliphatic carbocycles. The monoisotopic (exact) mass is 212 g/mol. The first-order chi connectivity index (χ1) is 7.75. The maximum atomic E-state index is 11.3. The van der Waals surface area contributed by atoms with Crippen molar-refractivity contribution in [3.8, 4) is 0 Å². The molecule has 4 heteroatoms. The fourth-order valence-corrected chi connectivity index (χ4v) is 1.85. The van der Waals surface area contributed by atoms with Crippen molar-refractivity contribution >= 4 is 21.8 Å². The lowest BCUT2D eigenvalue weighted by atomic mass is 10.1. The van der Waals surface area contributed by atoms with Gasteiger partial charge < -0.3 is 9.97 Å². The molecule has 0 aliphatic rings. The molecule has 78 valence electrons. The van der Waals surface area contributed by atoms with Gasteiger partial charge in [0.05, 0.1) is 11.0 Å². The van der Waals surface area contributed by atoms with Crippen LogP contribution in [-0.2, 0) is 0 Å². The Bertz CT molecular complexity index is 799. The van der Waals surface area contributed by atoms with Crippen molar-refractivity contribution in [2.24, 2.45) is 0 Å². The van der Waals surface area contributed by atoms with Crippen LogP contribution in [0.2, 0.25) is 0 Å². The minimum Gasteiger partial charge on any atom is -0.359 e. The highest BCUT2D eigenvalue weighted by atomic mass is 16.2. The summed E-state index contributed by atoms with van der Waals surface area (Å²) in [5, 5.41) is 1.73. The molecular weight excluding hydrogens is 204 g/mol. The average molecular weight is 212 g/mol. The molecule has 0 amide bonds. The Balaban J connectivity index is 2.65. The van der Waals surface area contributed by atoms with Crippen molar-refractivity contribution in [3.63, 3.8) is 0 Å². The van der Waals surface area contributed by atoms with Crippen LogP contribution in [-0.4, -0.2) is 9.97 Å². The number of fused-ring (bicyclic) bond motifs is 3. The Labute approximate surface area is 89.6 Å². The highest BCUT2D eigenvalue weighted by Gasteiger charge is 2.03. The molecule has 0 aliphatic heterocycles. The third-order valence-electron chi connectivity index (χ3n) is 2.62. The van der Waals surface area contributed by atoms with Gasteiger partial charge in [-0.2, -0.15) is 0 Å². The Kier molecular flexibility index (Phi) is 1.71. The second kappa shape index (κ2) is 3.06. The third kappa shape index (κ3) is 1.16. The lowest BCUT2D eigenvalue weighted by Crippen LogP contribution is -2.25. The van der Waals surface area contributed by atoms with Crippen molar-refractivity contribution in [1.29, 1.82) is 0 Å². The second-order valence-corrected chi connectivity index (χ2v) is 3.63. The van der Waals surface area contributed by atoms with Gasteiger partial charge in [-0.05, 0) is 6.07 Å². The fourth-order valence-electron chi connectivity index (χ4n) is 1.85. The number of rotatable bonds is 0. The molecule has 2 aromatic heterocycles. The zero-order valence-electron chi connectivity index (χ0n) is 8.28. The second-order valence-electron chi connectivity index (χ2n) is 3.63. The average Bonchev–Trinajstić information content (AvgIpc) is 2.31. The van der Waals surface area contributed by atoms with Gasteiger partial charge in [0.15, 0.2) is 0 Å². The van der Waals surface area contributed by atoms with Gasteiger partial charge >= 0.3 is 0 Å². The minimum atomic E-state index is -0.586. The highest BCUT2D eigenvalue weighted by Crippen LogP contribution is 2.19. The Morgan fingerprint density at radius 3 is 2.62 bits per heavy atom. The maximum Gasteiger partial charge on any atom is 0.296 e. The number of pyridine rings is 2. The quantitative estimate of drug-likeness (QED) is 0.436. The molecule has 0 saturated carbocycles. The van der Waals surface area contributed by atoms with Crippen LogP contribution in [0.5, 0.6) is 0 Å². The van der Waals surface area contributed by atoms with Gasteiger partial charge in [0.1, 0.15) is 0 Å². The number of aromatic amines is 2. The predicted octanol–water partition coefficient (Wildman–Crippen LogP) is 1.37. The van der Waals surface area contributed by atoms with E-state index in [4.69, 9.17) is 0 Å². The molecule has 0 radical (unpaired) electrons. The molecule has 16 heavy (non-hydrogen) atoms. The van der Waals surface area contributed by atoms with Crippen LogP contribution >= 0.6 is 0 Å². The van der Waals surface area contributed by atoms with Gasteiger partial charge in [-0.25, -0.2) is 0 Å². The largest absolute Gasteiger partial charge is 0.359 e. The summed E-state index contributed by atoms with van der Waals surface area (Å²) in [6.45, 7) is 0. The van der Waals surface area contributed by atoms with E-state index in [1.54, 1.807) is 6.20 Å². The zero-order chi connectivity index (χ0) is 11.1. The summed E-state index contributed by atoms with van der Waals surface area (Å²) in [5.41, 5.74) is 0.403. The van der Waals surface area contributed by atoms with Crippen LogP contribution in [0.4, 0.5) is 0 Å². The van der Waals surface area contributed by atoms with Crippen molar-refractivity contribution in [2.75, 3.05) is 0 Å². The molecule has 3 rings (SSSR count). The summed E-state index contributed by atoms with van der Waals surface area (Å²) in [4.78, 5) is 28.2. The van der Waals surface area contributed by atoms with Crippen molar-refractivity contribution in [1.82, 2.24) is 9.97 Å². The lowest BCUT2D eigenvalue weighted by Gasteiger charge is -2.02. The van der Waals surface area contributed by atoms with Gasteiger partial charge in [-0.1, -0.05) is 18.2 Å². The molecular formula is C12H8N2O2. The van der Waals surface area contributed by atoms with Gasteiger partial charge in [0, 0.05) is 23.0 Å². The number of nitrogens with one attached hydrogen (secondary N) is 2. The lowest BCUT2D eigenvalue weighted by molar-refractivity contribution is 1.26. The van der Waals surface area contributed by atoms with E-state index in [-0.39, 0.29) is 0 Å². The van der Waals surface area contributed by atoms with E-state index in [0.717, 1.165) is 16.3 Å². The van der Waals surface area contributed by atoms with Gasteiger partial charge in [-0.15, -0.1) is 0 Å². The van der Waals surface area contributed by atoms with Crippen molar-refractivity contribution in [3.05, 3.63) is 57.1 Å². The number of H-pyrrole nitrogens is 2. The Morgan fingerprint density at radius 2 is 1.75 bits per heavy atom. The summed E-state index contributed by atoms with van der Waals surface area (Å²) in [7, 11) is 0. The van der Waals surface area contributed by atoms with E-state index in [1.165, 1.54) is 6.07 Å². The first-order valence-electron chi connectivity index (χ1n) is 4.89. The van der Waals surface area contributed by atoms with Crippen LogP contribution in [0.1, 0.15) is 0 Å². The van der Waals surface area contributed by atoms with Gasteiger partial charge in [-0.3, -0.25) is 9.59 Å². The van der Waals surface area contributed by atoms with E-state index in [0.29, 0.717) is 5.52 Å². The number of benzene rings is 1. The van der Waals surface area contributed by atoms with E-state index >= 15 is 0 Å². The minimum absolute atomic E-state index is 0.511. The molecule has 2 heterocycles. The molecule has 3 aromatic rings. The molecule has 0 bridgehead atoms. The molecule has 0 fully saturated rings. The van der Waals surface area contributed by atoms with Gasteiger partial charge in [0.2, 0.25) is 5.43 Å². The van der Waals surface area contributed by atoms with Crippen molar-refractivity contribution in [2.45, 2.75) is 0 Å². The van der Waals surface area contributed by atoms with Crippen LogP contribution in [0.25, 0.3) is 21.8 Å². The van der Waals surface area contributed by atoms with Crippen LogP contribution in [0.15, 0.2) is 46.1 Å². The summed E-state index contributed by atoms with van der Waals surface area (Å²) < 4.78 is 0. The van der Waals surface area contributed by atoms with Crippen LogP contribution in [0, 0.1) is 0 Å². The van der Waals surface area contributed by atoms with Crippen LogP contribution < -0.4 is 11.0 Å². The van der Waals surface area contributed by atoms with E-state index in [9.17, 15) is 9.59 Å². The van der Waals surface area contributed by atoms with Gasteiger partial charge in [0.25, 0.3) is 5.56 Å². The fraction of sp³-hybridized carbons (Fsp3) is 0. The van der Waals surface area contributed by atoms with E-state index < -0.39 is 11.0 Å². The number of hydrogen-bond acceptors (Lipinski definition) is 2. The summed E-state index contributed by atoms with van der Waals surface area (Å²) in [6.07, 6.45) is 1.78. The smallest absolute Gasteiger partial charge is 0.296 e. The molecule has 0 atom stereocenters. The topological polar surface area (TPSA) is 65.7 Å². The number of aromatic nitrogens is 2. The molecule has 1 aromatic carbocycles. The molecule has 0 unspecified atom stereocenters. The molecule has 0 spiro atoms. The van der Waals surface area contributed by atoms with E-state index in [1.807, 2.05) is 24.3 Å². The summed E-state index contributed by atoms with van der Waals surface area (Å²) >= 11 is 0. The maximum absolute atomic E-state index is 11.3. The first kappa shape index (κ1) is 8.91. The SMILES string of the molecule is O=c1cc2ccc3ccc[nH]c3c2[nH]c1=O. The Morgan fingerprint density at radius 1 is 0.938 bits per heavy atom. The molecule has 0 saturated heterocycles. The van der Waals surface area contributed by atoms with Crippen LogP contribution in [0.3, 0.4) is 0 Å². The standard InChI is InChI=1S/C12H8N2O2/c15-9-6-8-4-3-7-2-1-5-13-10(7)11(8)14-12(9)16/h1-6,13H,(H,14,16). The van der Waals surface area contributed by atoms with Crippen molar-refractivity contribution < 1.29 is 0 Å². The number of hydrogen-bond donors (Lipinski definition) is 2.